The lowest BCUT2D eigenvalue weighted by Crippen LogP contribution is -1.97. The molecular weight excluding hydrogens is 244 g/mol. The van der Waals surface area contributed by atoms with Crippen molar-refractivity contribution in [2.75, 3.05) is 0 Å². The Bertz CT molecular complexity index is 491. The number of hydrogen-bond donors (Lipinski definition) is 1. The van der Waals surface area contributed by atoms with E-state index in [2.05, 4.69) is 15.5 Å². The zero-order valence-electron chi connectivity index (χ0n) is 8.41. The molecule has 1 aliphatic rings. The summed E-state index contributed by atoms with van der Waals surface area (Å²) < 4.78 is 3.00. The van der Waals surface area contributed by atoms with Crippen LogP contribution in [0.2, 0.25) is 0 Å². The maximum absolute atomic E-state index is 8.99. The van der Waals surface area contributed by atoms with Gasteiger partial charge >= 0.3 is 0 Å². The maximum Gasteiger partial charge on any atom is 0.215 e. The van der Waals surface area contributed by atoms with Crippen molar-refractivity contribution in [2.24, 2.45) is 0 Å². The van der Waals surface area contributed by atoms with Crippen molar-refractivity contribution in [1.29, 1.82) is 0 Å². The van der Waals surface area contributed by atoms with E-state index in [9.17, 15) is 0 Å². The minimum atomic E-state index is 0.0960. The van der Waals surface area contributed by atoms with Crippen LogP contribution in [0.1, 0.15) is 23.8 Å². The first-order valence-corrected chi connectivity index (χ1v) is 6.65. The van der Waals surface area contributed by atoms with E-state index in [-0.39, 0.29) is 6.61 Å². The van der Waals surface area contributed by atoms with E-state index in [0.29, 0.717) is 6.04 Å². The molecule has 1 N–H and O–H groups in total. The molecule has 3 rings (SSSR count). The van der Waals surface area contributed by atoms with Gasteiger partial charge in [-0.3, -0.25) is 0 Å². The van der Waals surface area contributed by atoms with Crippen LogP contribution in [0.4, 0.5) is 0 Å². The first-order valence-electron chi connectivity index (χ1n) is 5.02. The molecule has 16 heavy (non-hydrogen) atoms. The highest BCUT2D eigenvalue weighted by molar-refractivity contribution is 8.01. The van der Waals surface area contributed by atoms with Gasteiger partial charge in [0.1, 0.15) is 0 Å². The third-order valence-electron chi connectivity index (χ3n) is 2.34. The Balaban J connectivity index is 1.79. The standard InChI is InChI=1S/C9H10N4OS2/c14-5-7-3-4-8(15-7)16-9-10-11-12-13(9)6-1-2-6/h3-4,6,14H,1-2,5H2. The van der Waals surface area contributed by atoms with Gasteiger partial charge in [-0.25, -0.2) is 4.68 Å². The maximum atomic E-state index is 8.99. The number of aliphatic hydroxyl groups excluding tert-OH is 1. The molecule has 0 saturated heterocycles. The van der Waals surface area contributed by atoms with Gasteiger partial charge in [-0.1, -0.05) is 0 Å². The van der Waals surface area contributed by atoms with Crippen molar-refractivity contribution in [3.05, 3.63) is 17.0 Å². The normalized spacial score (nSPS) is 15.6. The predicted molar refractivity (Wildman–Crippen MR) is 60.5 cm³/mol. The summed E-state index contributed by atoms with van der Waals surface area (Å²) in [7, 11) is 0. The zero-order valence-corrected chi connectivity index (χ0v) is 10.0. The Morgan fingerprint density at radius 2 is 2.38 bits per heavy atom. The SMILES string of the molecule is OCc1ccc(Sc2nnnn2C2CC2)s1. The summed E-state index contributed by atoms with van der Waals surface area (Å²) in [6.45, 7) is 0.0960. The highest BCUT2D eigenvalue weighted by Gasteiger charge is 2.28. The van der Waals surface area contributed by atoms with E-state index in [1.54, 1.807) is 23.1 Å². The molecule has 0 bridgehead atoms. The van der Waals surface area contributed by atoms with Crippen molar-refractivity contribution >= 4 is 23.1 Å². The van der Waals surface area contributed by atoms with Crippen LogP contribution in [0, 0.1) is 0 Å². The van der Waals surface area contributed by atoms with Gasteiger partial charge in [-0.2, -0.15) is 0 Å². The second kappa shape index (κ2) is 4.15. The van der Waals surface area contributed by atoms with Crippen LogP contribution in [0.25, 0.3) is 0 Å². The van der Waals surface area contributed by atoms with Gasteiger partial charge in [-0.15, -0.1) is 16.4 Å². The molecule has 0 radical (unpaired) electrons. The topological polar surface area (TPSA) is 63.8 Å². The predicted octanol–water partition coefficient (Wildman–Crippen LogP) is 1.71. The summed E-state index contributed by atoms with van der Waals surface area (Å²) in [5.41, 5.74) is 0. The fraction of sp³-hybridized carbons (Fsp3) is 0.444. The van der Waals surface area contributed by atoms with Crippen LogP contribution >= 0.6 is 23.1 Å². The van der Waals surface area contributed by atoms with Crippen molar-refractivity contribution in [3.8, 4) is 0 Å². The summed E-state index contributed by atoms with van der Waals surface area (Å²) in [5, 5.41) is 21.5. The lowest BCUT2D eigenvalue weighted by Gasteiger charge is -1.99. The van der Waals surface area contributed by atoms with Crippen LogP contribution in [0.3, 0.4) is 0 Å². The quantitative estimate of drug-likeness (QED) is 0.900. The smallest absolute Gasteiger partial charge is 0.215 e. The van der Waals surface area contributed by atoms with Crippen molar-refractivity contribution < 1.29 is 5.11 Å². The summed E-state index contributed by atoms with van der Waals surface area (Å²) in [6.07, 6.45) is 2.34. The van der Waals surface area contributed by atoms with E-state index < -0.39 is 0 Å². The Kier molecular flexibility index (Phi) is 2.66. The van der Waals surface area contributed by atoms with Crippen molar-refractivity contribution in [1.82, 2.24) is 20.2 Å². The molecule has 7 heteroatoms. The number of hydrogen-bond acceptors (Lipinski definition) is 6. The van der Waals surface area contributed by atoms with Crippen LogP contribution in [0.15, 0.2) is 21.5 Å². The minimum Gasteiger partial charge on any atom is -0.391 e. The molecule has 2 aromatic heterocycles. The van der Waals surface area contributed by atoms with Gasteiger partial charge in [0.2, 0.25) is 5.16 Å². The molecule has 2 heterocycles. The summed E-state index contributed by atoms with van der Waals surface area (Å²) in [4.78, 5) is 0.966. The van der Waals surface area contributed by atoms with Gasteiger partial charge in [0.25, 0.3) is 0 Å². The molecule has 84 valence electrons. The second-order valence-electron chi connectivity index (χ2n) is 3.62. The first kappa shape index (κ1) is 10.2. The highest BCUT2D eigenvalue weighted by atomic mass is 32.2. The third-order valence-corrected chi connectivity index (χ3v) is 4.49. The van der Waals surface area contributed by atoms with E-state index in [0.717, 1.165) is 14.2 Å². The lowest BCUT2D eigenvalue weighted by molar-refractivity contribution is 0.285. The monoisotopic (exact) mass is 254 g/mol. The van der Waals surface area contributed by atoms with Crippen molar-refractivity contribution in [3.63, 3.8) is 0 Å². The Labute approximate surface area is 100 Å². The molecule has 1 fully saturated rings. The van der Waals surface area contributed by atoms with Gasteiger partial charge in [0, 0.05) is 4.88 Å². The zero-order chi connectivity index (χ0) is 11.0. The van der Waals surface area contributed by atoms with E-state index >= 15 is 0 Å². The molecule has 1 saturated carbocycles. The third kappa shape index (κ3) is 1.98. The minimum absolute atomic E-state index is 0.0960. The first-order chi connectivity index (χ1) is 7.86. The largest absolute Gasteiger partial charge is 0.391 e. The summed E-state index contributed by atoms with van der Waals surface area (Å²) in [5.74, 6) is 0. The average molecular weight is 254 g/mol. The fourth-order valence-corrected chi connectivity index (χ4v) is 3.37. The highest BCUT2D eigenvalue weighted by Crippen LogP contribution is 2.39. The van der Waals surface area contributed by atoms with Crippen LogP contribution in [-0.4, -0.2) is 25.3 Å². The van der Waals surface area contributed by atoms with Gasteiger partial charge in [-0.05, 0) is 47.2 Å². The number of thiophene rings is 1. The fourth-order valence-electron chi connectivity index (χ4n) is 1.39. The molecule has 0 aliphatic heterocycles. The van der Waals surface area contributed by atoms with Gasteiger partial charge < -0.3 is 5.11 Å². The van der Waals surface area contributed by atoms with E-state index in [1.165, 1.54) is 12.8 Å². The van der Waals surface area contributed by atoms with E-state index in [1.807, 2.05) is 16.8 Å². The Hall–Kier alpha value is -0.920. The lowest BCUT2D eigenvalue weighted by atomic mass is 10.5. The number of aliphatic hydroxyl groups is 1. The molecular formula is C9H10N4OS2. The van der Waals surface area contributed by atoms with Crippen LogP contribution < -0.4 is 0 Å². The number of tetrazole rings is 1. The molecule has 0 spiro atoms. The van der Waals surface area contributed by atoms with Crippen LogP contribution in [0.5, 0.6) is 0 Å². The summed E-state index contributed by atoms with van der Waals surface area (Å²) in [6, 6.07) is 4.42. The second-order valence-corrected chi connectivity index (χ2v) is 6.05. The van der Waals surface area contributed by atoms with Crippen molar-refractivity contribution in [2.45, 2.75) is 34.9 Å². The average Bonchev–Trinajstić information content (AvgIpc) is 2.88. The molecule has 0 amide bonds. The van der Waals surface area contributed by atoms with Gasteiger partial charge in [0.15, 0.2) is 0 Å². The van der Waals surface area contributed by atoms with Gasteiger partial charge in [0.05, 0.1) is 16.9 Å². The summed E-state index contributed by atoms with van der Waals surface area (Å²) >= 11 is 3.14. The Morgan fingerprint density at radius 1 is 1.50 bits per heavy atom. The molecule has 0 unspecified atom stereocenters. The molecule has 0 aromatic carbocycles. The molecule has 1 aliphatic carbocycles. The molecule has 0 atom stereocenters. The number of rotatable bonds is 4. The number of aromatic nitrogens is 4. The Morgan fingerprint density at radius 3 is 3.06 bits per heavy atom. The molecule has 5 nitrogen and oxygen atoms in total. The molecule has 2 aromatic rings. The number of nitrogens with zero attached hydrogens (tertiary/aromatic N) is 4. The van der Waals surface area contributed by atoms with E-state index in [4.69, 9.17) is 5.11 Å². The van der Waals surface area contributed by atoms with Crippen LogP contribution in [-0.2, 0) is 6.61 Å².